The van der Waals surface area contributed by atoms with Crippen LogP contribution in [0.15, 0.2) is 6.33 Å². The molecule has 0 unspecified atom stereocenters. The Kier molecular flexibility index (Phi) is 3.37. The number of nitrogens with zero attached hydrogens (tertiary/aromatic N) is 2. The first-order valence-electron chi connectivity index (χ1n) is 2.96. The van der Waals surface area contributed by atoms with E-state index in [1.54, 1.807) is 0 Å². The summed E-state index contributed by atoms with van der Waals surface area (Å²) in [5.41, 5.74) is 0.714. The van der Waals surface area contributed by atoms with Gasteiger partial charge in [0.25, 0.3) is 0 Å². The standard InChI is InChI=1S/C6H5Cl3N2/c7-2-1-4-5(8)10-3-11-6(4)9/h3H,1-2H2. The van der Waals surface area contributed by atoms with Crippen molar-refractivity contribution in [2.75, 3.05) is 5.88 Å². The molecule has 0 aliphatic rings. The zero-order chi connectivity index (χ0) is 8.27. The van der Waals surface area contributed by atoms with Crippen molar-refractivity contribution in [3.63, 3.8) is 0 Å². The molecule has 0 bridgehead atoms. The number of hydrogen-bond acceptors (Lipinski definition) is 2. The molecule has 1 heterocycles. The van der Waals surface area contributed by atoms with Crippen LogP contribution in [0.3, 0.4) is 0 Å². The summed E-state index contributed by atoms with van der Waals surface area (Å²) in [6.45, 7) is 0. The van der Waals surface area contributed by atoms with Crippen LogP contribution in [0.1, 0.15) is 5.56 Å². The lowest BCUT2D eigenvalue weighted by atomic mass is 10.3. The molecule has 11 heavy (non-hydrogen) atoms. The third kappa shape index (κ3) is 2.19. The summed E-state index contributed by atoms with van der Waals surface area (Å²) in [7, 11) is 0. The fraction of sp³-hybridized carbons (Fsp3) is 0.333. The molecule has 0 fully saturated rings. The van der Waals surface area contributed by atoms with E-state index in [4.69, 9.17) is 34.8 Å². The largest absolute Gasteiger partial charge is 0.224 e. The van der Waals surface area contributed by atoms with Gasteiger partial charge in [0, 0.05) is 11.4 Å². The monoisotopic (exact) mass is 210 g/mol. The van der Waals surface area contributed by atoms with Gasteiger partial charge < -0.3 is 0 Å². The molecular weight excluding hydrogens is 206 g/mol. The summed E-state index contributed by atoms with van der Waals surface area (Å²) in [6, 6.07) is 0. The molecule has 0 amide bonds. The Bertz CT molecular complexity index is 231. The maximum absolute atomic E-state index is 5.71. The summed E-state index contributed by atoms with van der Waals surface area (Å²) in [6.07, 6.45) is 1.92. The average Bonchev–Trinajstić information content (AvgIpc) is 1.97. The van der Waals surface area contributed by atoms with Gasteiger partial charge in [-0.05, 0) is 6.42 Å². The normalized spacial score (nSPS) is 10.1. The van der Waals surface area contributed by atoms with Crippen molar-refractivity contribution in [1.29, 1.82) is 0 Å². The Morgan fingerprint density at radius 1 is 1.18 bits per heavy atom. The van der Waals surface area contributed by atoms with Crippen molar-refractivity contribution < 1.29 is 0 Å². The van der Waals surface area contributed by atoms with Crippen LogP contribution in [0.25, 0.3) is 0 Å². The Labute approximate surface area is 79.5 Å². The third-order valence-electron chi connectivity index (χ3n) is 1.18. The van der Waals surface area contributed by atoms with E-state index >= 15 is 0 Å². The molecular formula is C6H5Cl3N2. The van der Waals surface area contributed by atoms with E-state index in [1.807, 2.05) is 0 Å². The maximum atomic E-state index is 5.71. The Morgan fingerprint density at radius 2 is 1.73 bits per heavy atom. The van der Waals surface area contributed by atoms with Gasteiger partial charge >= 0.3 is 0 Å². The molecule has 0 spiro atoms. The van der Waals surface area contributed by atoms with Gasteiger partial charge in [0.15, 0.2) is 0 Å². The second-order valence-electron chi connectivity index (χ2n) is 1.87. The minimum absolute atomic E-state index is 0.380. The molecule has 5 heteroatoms. The first-order valence-corrected chi connectivity index (χ1v) is 4.25. The molecule has 2 nitrogen and oxygen atoms in total. The topological polar surface area (TPSA) is 25.8 Å². The smallest absolute Gasteiger partial charge is 0.137 e. The summed E-state index contributed by atoms with van der Waals surface area (Å²) < 4.78 is 0. The molecule has 0 aliphatic carbocycles. The predicted octanol–water partition coefficient (Wildman–Crippen LogP) is 2.56. The molecule has 0 N–H and O–H groups in total. The highest BCUT2D eigenvalue weighted by atomic mass is 35.5. The van der Waals surface area contributed by atoms with E-state index < -0.39 is 0 Å². The predicted molar refractivity (Wildman–Crippen MR) is 46.5 cm³/mol. The van der Waals surface area contributed by atoms with Crippen LogP contribution in [0.5, 0.6) is 0 Å². The minimum Gasteiger partial charge on any atom is -0.224 e. The lowest BCUT2D eigenvalue weighted by Crippen LogP contribution is -1.93. The van der Waals surface area contributed by atoms with Gasteiger partial charge in [-0.2, -0.15) is 0 Å². The summed E-state index contributed by atoms with van der Waals surface area (Å²) >= 11 is 16.9. The number of hydrogen-bond donors (Lipinski definition) is 0. The second kappa shape index (κ2) is 4.10. The molecule has 0 atom stereocenters. The molecule has 60 valence electrons. The van der Waals surface area contributed by atoms with Crippen LogP contribution < -0.4 is 0 Å². The van der Waals surface area contributed by atoms with Gasteiger partial charge in [0.05, 0.1) is 0 Å². The van der Waals surface area contributed by atoms with Crippen LogP contribution in [0.4, 0.5) is 0 Å². The molecule has 1 aromatic heterocycles. The quantitative estimate of drug-likeness (QED) is 0.555. The highest BCUT2D eigenvalue weighted by Crippen LogP contribution is 2.20. The van der Waals surface area contributed by atoms with Crippen molar-refractivity contribution in [3.8, 4) is 0 Å². The lowest BCUT2D eigenvalue weighted by molar-refractivity contribution is 1.05. The fourth-order valence-corrected chi connectivity index (χ4v) is 1.36. The molecule has 0 aromatic carbocycles. The van der Waals surface area contributed by atoms with Gasteiger partial charge in [0.2, 0.25) is 0 Å². The van der Waals surface area contributed by atoms with Crippen molar-refractivity contribution in [1.82, 2.24) is 9.97 Å². The summed E-state index contributed by atoms with van der Waals surface area (Å²) in [4.78, 5) is 7.54. The van der Waals surface area contributed by atoms with E-state index in [1.165, 1.54) is 6.33 Å². The zero-order valence-electron chi connectivity index (χ0n) is 5.52. The summed E-state index contributed by atoms with van der Waals surface area (Å²) in [5, 5.41) is 0.760. The lowest BCUT2D eigenvalue weighted by Gasteiger charge is -2.00. The van der Waals surface area contributed by atoms with Crippen LogP contribution in [0, 0.1) is 0 Å². The second-order valence-corrected chi connectivity index (χ2v) is 2.97. The third-order valence-corrected chi connectivity index (χ3v) is 2.03. The molecule has 0 aliphatic heterocycles. The van der Waals surface area contributed by atoms with Gasteiger partial charge in [-0.1, -0.05) is 23.2 Å². The zero-order valence-corrected chi connectivity index (χ0v) is 7.79. The van der Waals surface area contributed by atoms with Gasteiger partial charge in [-0.25, -0.2) is 9.97 Å². The SMILES string of the molecule is ClCCc1c(Cl)ncnc1Cl. The van der Waals surface area contributed by atoms with Crippen LogP contribution >= 0.6 is 34.8 Å². The van der Waals surface area contributed by atoms with Crippen molar-refractivity contribution in [3.05, 3.63) is 22.2 Å². The van der Waals surface area contributed by atoms with E-state index in [0.717, 1.165) is 0 Å². The number of aromatic nitrogens is 2. The van der Waals surface area contributed by atoms with Crippen molar-refractivity contribution in [2.45, 2.75) is 6.42 Å². The van der Waals surface area contributed by atoms with E-state index in [-0.39, 0.29) is 0 Å². The van der Waals surface area contributed by atoms with Crippen molar-refractivity contribution in [2.24, 2.45) is 0 Å². The maximum Gasteiger partial charge on any atom is 0.137 e. The first kappa shape index (κ1) is 9.04. The van der Waals surface area contributed by atoms with Crippen molar-refractivity contribution >= 4 is 34.8 Å². The van der Waals surface area contributed by atoms with Gasteiger partial charge in [-0.15, -0.1) is 11.6 Å². The van der Waals surface area contributed by atoms with Crippen LogP contribution in [0.2, 0.25) is 10.3 Å². The number of halogens is 3. The molecule has 0 saturated carbocycles. The molecule has 1 rings (SSSR count). The summed E-state index contributed by atoms with van der Waals surface area (Å²) in [5.74, 6) is 0.465. The van der Waals surface area contributed by atoms with Crippen LogP contribution in [-0.4, -0.2) is 15.8 Å². The highest BCUT2D eigenvalue weighted by molar-refractivity contribution is 6.34. The Hall–Kier alpha value is -0.0500. The Morgan fingerprint density at radius 3 is 2.18 bits per heavy atom. The molecule has 0 saturated heterocycles. The van der Waals surface area contributed by atoms with E-state index in [2.05, 4.69) is 9.97 Å². The average molecular weight is 211 g/mol. The highest BCUT2D eigenvalue weighted by Gasteiger charge is 2.05. The molecule has 0 radical (unpaired) electrons. The number of rotatable bonds is 2. The van der Waals surface area contributed by atoms with Crippen LogP contribution in [-0.2, 0) is 6.42 Å². The van der Waals surface area contributed by atoms with E-state index in [9.17, 15) is 0 Å². The Balaban J connectivity index is 3.00. The fourth-order valence-electron chi connectivity index (χ4n) is 0.672. The molecule has 1 aromatic rings. The van der Waals surface area contributed by atoms with Gasteiger partial charge in [0.1, 0.15) is 16.6 Å². The minimum atomic E-state index is 0.380. The number of alkyl halides is 1. The van der Waals surface area contributed by atoms with E-state index in [0.29, 0.717) is 28.2 Å². The van der Waals surface area contributed by atoms with Gasteiger partial charge in [-0.3, -0.25) is 0 Å². The first-order chi connectivity index (χ1) is 5.25.